The number of amides is 1. The summed E-state index contributed by atoms with van der Waals surface area (Å²) in [5, 5.41) is 3.04. The zero-order valence-electron chi connectivity index (χ0n) is 11.2. The molecule has 0 spiro atoms. The van der Waals surface area contributed by atoms with Gasteiger partial charge >= 0.3 is 0 Å². The van der Waals surface area contributed by atoms with Gasteiger partial charge in [-0.25, -0.2) is 0 Å². The Morgan fingerprint density at radius 1 is 1.56 bits per heavy atom. The van der Waals surface area contributed by atoms with Gasteiger partial charge in [0.1, 0.15) is 0 Å². The van der Waals surface area contributed by atoms with Crippen LogP contribution in [0, 0.1) is 12.3 Å². The van der Waals surface area contributed by atoms with Gasteiger partial charge in [0.15, 0.2) is 0 Å². The highest BCUT2D eigenvalue weighted by molar-refractivity contribution is 5.85. The fraction of sp³-hybridized carbons (Fsp3) is 0.571. The van der Waals surface area contributed by atoms with Crippen LogP contribution in [0.25, 0.3) is 0 Å². The summed E-state index contributed by atoms with van der Waals surface area (Å²) in [6.07, 6.45) is 3.66. The molecule has 1 saturated carbocycles. The highest BCUT2D eigenvalue weighted by Gasteiger charge is 2.50. The van der Waals surface area contributed by atoms with Crippen LogP contribution in [0.3, 0.4) is 0 Å². The molecule has 0 radical (unpaired) electrons. The number of methoxy groups -OCH3 is 1. The quantitative estimate of drug-likeness (QED) is 0.867. The average Bonchev–Trinajstić information content (AvgIpc) is 3.11. The third-order valence-corrected chi connectivity index (χ3v) is 3.54. The molecule has 0 aromatic carbocycles. The lowest BCUT2D eigenvalue weighted by Gasteiger charge is -2.19. The summed E-state index contributed by atoms with van der Waals surface area (Å²) in [6.45, 7) is 4.44. The second kappa shape index (κ2) is 5.06. The van der Waals surface area contributed by atoms with Crippen molar-refractivity contribution in [3.05, 3.63) is 29.6 Å². The second-order valence-electron chi connectivity index (χ2n) is 5.14. The lowest BCUT2D eigenvalue weighted by atomic mass is 10.1. The molecular weight excluding hydrogens is 228 g/mol. The fourth-order valence-electron chi connectivity index (χ4n) is 2.03. The number of pyridine rings is 1. The van der Waals surface area contributed by atoms with Crippen molar-refractivity contribution in [3.63, 3.8) is 0 Å². The van der Waals surface area contributed by atoms with Crippen LogP contribution in [0.15, 0.2) is 18.3 Å². The SMILES string of the molecule is COCC1(C(=O)NC(C)c2ccc(C)nc2)CC1. The van der Waals surface area contributed by atoms with Crippen molar-refractivity contribution in [2.45, 2.75) is 32.7 Å². The number of ether oxygens (including phenoxy) is 1. The van der Waals surface area contributed by atoms with E-state index in [0.717, 1.165) is 24.1 Å². The summed E-state index contributed by atoms with van der Waals surface area (Å²) in [5.74, 6) is 0.0948. The Balaban J connectivity index is 1.97. The van der Waals surface area contributed by atoms with Gasteiger partial charge in [-0.3, -0.25) is 9.78 Å². The molecule has 0 bridgehead atoms. The predicted molar refractivity (Wildman–Crippen MR) is 69.1 cm³/mol. The van der Waals surface area contributed by atoms with Gasteiger partial charge < -0.3 is 10.1 Å². The van der Waals surface area contributed by atoms with Crippen LogP contribution >= 0.6 is 0 Å². The first kappa shape index (κ1) is 13.0. The van der Waals surface area contributed by atoms with Crippen molar-refractivity contribution in [3.8, 4) is 0 Å². The number of hydrogen-bond donors (Lipinski definition) is 1. The van der Waals surface area contributed by atoms with E-state index in [2.05, 4.69) is 10.3 Å². The summed E-state index contributed by atoms with van der Waals surface area (Å²) in [6, 6.07) is 3.95. The maximum absolute atomic E-state index is 12.2. The van der Waals surface area contributed by atoms with E-state index in [1.165, 1.54) is 0 Å². The van der Waals surface area contributed by atoms with Gasteiger partial charge in [0.05, 0.1) is 18.1 Å². The molecule has 1 amide bonds. The Morgan fingerprint density at radius 2 is 2.28 bits per heavy atom. The number of nitrogens with zero attached hydrogens (tertiary/aromatic N) is 1. The highest BCUT2D eigenvalue weighted by Crippen LogP contribution is 2.46. The van der Waals surface area contributed by atoms with E-state index in [4.69, 9.17) is 4.74 Å². The molecule has 1 aliphatic carbocycles. The topological polar surface area (TPSA) is 51.2 Å². The summed E-state index contributed by atoms with van der Waals surface area (Å²) in [4.78, 5) is 16.4. The number of aryl methyl sites for hydroxylation is 1. The molecule has 1 heterocycles. The van der Waals surface area contributed by atoms with E-state index >= 15 is 0 Å². The maximum atomic E-state index is 12.2. The summed E-state index contributed by atoms with van der Waals surface area (Å²) >= 11 is 0. The average molecular weight is 248 g/mol. The summed E-state index contributed by atoms with van der Waals surface area (Å²) in [5.41, 5.74) is 1.73. The van der Waals surface area contributed by atoms with Crippen LogP contribution in [0.5, 0.6) is 0 Å². The van der Waals surface area contributed by atoms with E-state index in [-0.39, 0.29) is 17.4 Å². The Kier molecular flexibility index (Phi) is 3.66. The molecule has 98 valence electrons. The third-order valence-electron chi connectivity index (χ3n) is 3.54. The van der Waals surface area contributed by atoms with Crippen LogP contribution in [0.1, 0.15) is 37.1 Å². The lowest BCUT2D eigenvalue weighted by molar-refractivity contribution is -0.128. The van der Waals surface area contributed by atoms with Gasteiger partial charge in [-0.15, -0.1) is 0 Å². The molecule has 1 aromatic rings. The van der Waals surface area contributed by atoms with Crippen LogP contribution in [-0.2, 0) is 9.53 Å². The highest BCUT2D eigenvalue weighted by atomic mass is 16.5. The molecule has 1 fully saturated rings. The molecule has 18 heavy (non-hydrogen) atoms. The van der Waals surface area contributed by atoms with E-state index in [1.807, 2.05) is 32.2 Å². The van der Waals surface area contributed by atoms with Crippen LogP contribution in [0.4, 0.5) is 0 Å². The third kappa shape index (κ3) is 2.70. The van der Waals surface area contributed by atoms with Gasteiger partial charge in [-0.2, -0.15) is 0 Å². The Labute approximate surface area is 108 Å². The first-order valence-corrected chi connectivity index (χ1v) is 6.30. The fourth-order valence-corrected chi connectivity index (χ4v) is 2.03. The first-order chi connectivity index (χ1) is 8.57. The molecule has 4 heteroatoms. The van der Waals surface area contributed by atoms with Crippen molar-refractivity contribution in [2.24, 2.45) is 5.41 Å². The van der Waals surface area contributed by atoms with Gasteiger partial charge in [0, 0.05) is 19.0 Å². The monoisotopic (exact) mass is 248 g/mol. The van der Waals surface area contributed by atoms with E-state index < -0.39 is 0 Å². The van der Waals surface area contributed by atoms with Gasteiger partial charge in [0.25, 0.3) is 0 Å². The molecule has 0 saturated heterocycles. The van der Waals surface area contributed by atoms with Crippen LogP contribution in [0.2, 0.25) is 0 Å². The molecule has 1 N–H and O–H groups in total. The van der Waals surface area contributed by atoms with Crippen LogP contribution < -0.4 is 5.32 Å². The van der Waals surface area contributed by atoms with Crippen molar-refractivity contribution >= 4 is 5.91 Å². The lowest BCUT2D eigenvalue weighted by Crippen LogP contribution is -2.36. The van der Waals surface area contributed by atoms with Crippen molar-refractivity contribution in [1.29, 1.82) is 0 Å². The predicted octanol–water partition coefficient (Wildman–Crippen LogP) is 1.99. The molecule has 2 rings (SSSR count). The number of aromatic nitrogens is 1. The van der Waals surface area contributed by atoms with Crippen molar-refractivity contribution < 1.29 is 9.53 Å². The van der Waals surface area contributed by atoms with E-state index in [0.29, 0.717) is 6.61 Å². The number of nitrogens with one attached hydrogen (secondary N) is 1. The van der Waals surface area contributed by atoms with Crippen molar-refractivity contribution in [2.75, 3.05) is 13.7 Å². The van der Waals surface area contributed by atoms with Crippen molar-refractivity contribution in [1.82, 2.24) is 10.3 Å². The summed E-state index contributed by atoms with van der Waals surface area (Å²) < 4.78 is 5.12. The number of hydrogen-bond acceptors (Lipinski definition) is 3. The minimum absolute atomic E-state index is 0.0140. The minimum Gasteiger partial charge on any atom is -0.384 e. The number of carbonyl (C=O) groups is 1. The second-order valence-corrected chi connectivity index (χ2v) is 5.14. The molecule has 0 aliphatic heterocycles. The molecule has 1 aliphatic rings. The maximum Gasteiger partial charge on any atom is 0.229 e. The minimum atomic E-state index is -0.277. The number of rotatable bonds is 5. The normalized spacial score (nSPS) is 18.2. The van der Waals surface area contributed by atoms with E-state index in [9.17, 15) is 4.79 Å². The Morgan fingerprint density at radius 3 is 2.78 bits per heavy atom. The zero-order valence-corrected chi connectivity index (χ0v) is 11.2. The van der Waals surface area contributed by atoms with Gasteiger partial charge in [-0.05, 0) is 38.3 Å². The Hall–Kier alpha value is -1.42. The molecule has 1 unspecified atom stereocenters. The standard InChI is InChI=1S/C14H20N2O2/c1-10-4-5-12(8-15-10)11(2)16-13(17)14(6-7-14)9-18-3/h4-5,8,11H,6-7,9H2,1-3H3,(H,16,17). The zero-order chi connectivity index (χ0) is 13.2. The smallest absolute Gasteiger partial charge is 0.229 e. The molecule has 4 nitrogen and oxygen atoms in total. The molecular formula is C14H20N2O2. The molecule has 1 aromatic heterocycles. The van der Waals surface area contributed by atoms with Gasteiger partial charge in [-0.1, -0.05) is 6.07 Å². The van der Waals surface area contributed by atoms with E-state index in [1.54, 1.807) is 7.11 Å². The first-order valence-electron chi connectivity index (χ1n) is 6.30. The van der Waals surface area contributed by atoms with Crippen LogP contribution in [-0.4, -0.2) is 24.6 Å². The Bertz CT molecular complexity index is 424. The largest absolute Gasteiger partial charge is 0.384 e. The summed E-state index contributed by atoms with van der Waals surface area (Å²) in [7, 11) is 1.64. The van der Waals surface area contributed by atoms with Gasteiger partial charge in [0.2, 0.25) is 5.91 Å². The molecule has 1 atom stereocenters. The number of carbonyl (C=O) groups excluding carboxylic acids is 1.